The predicted octanol–water partition coefficient (Wildman–Crippen LogP) is 2.87. The summed E-state index contributed by atoms with van der Waals surface area (Å²) in [6, 6.07) is 15.5. The molecule has 0 fully saturated rings. The van der Waals surface area contributed by atoms with Crippen LogP contribution in [0.1, 0.15) is 0 Å². The Labute approximate surface area is 114 Å². The van der Waals surface area contributed by atoms with E-state index in [4.69, 9.17) is 0 Å². The largest absolute Gasteiger partial charge is 0.331 e. The van der Waals surface area contributed by atoms with E-state index in [1.54, 1.807) is 10.8 Å². The Morgan fingerprint density at radius 1 is 1.00 bits per heavy atom. The third-order valence-electron chi connectivity index (χ3n) is 3.47. The number of benzene rings is 2. The van der Waals surface area contributed by atoms with Crippen molar-refractivity contribution in [3.63, 3.8) is 0 Å². The molecule has 4 rings (SSSR count). The third kappa shape index (κ3) is 1.55. The summed E-state index contributed by atoms with van der Waals surface area (Å²) in [5, 5.41) is 2.12. The van der Waals surface area contributed by atoms with Gasteiger partial charge in [0, 0.05) is 17.8 Å². The van der Waals surface area contributed by atoms with Gasteiger partial charge >= 0.3 is 5.69 Å². The Balaban J connectivity index is 2.06. The topological polar surface area (TPSA) is 50.7 Å². The van der Waals surface area contributed by atoms with E-state index in [2.05, 4.69) is 9.97 Å². The first-order valence-electron chi connectivity index (χ1n) is 6.37. The number of pyridine rings is 1. The first kappa shape index (κ1) is 11.0. The molecule has 0 unspecified atom stereocenters. The summed E-state index contributed by atoms with van der Waals surface area (Å²) in [7, 11) is 0. The van der Waals surface area contributed by atoms with E-state index in [0.717, 1.165) is 27.5 Å². The minimum Gasteiger partial charge on any atom is -0.305 e. The smallest absolute Gasteiger partial charge is 0.305 e. The standard InChI is InChI=1S/C16H11N3O/c20-16-18-14-3-1-2-4-15(14)19(16)13-6-5-12-10-17-8-7-11(12)9-13/h1-10H,(H,18,20). The second kappa shape index (κ2) is 4.06. The molecule has 4 nitrogen and oxygen atoms in total. The van der Waals surface area contributed by atoms with Crippen LogP contribution < -0.4 is 5.69 Å². The molecule has 0 atom stereocenters. The van der Waals surface area contributed by atoms with E-state index < -0.39 is 0 Å². The van der Waals surface area contributed by atoms with Crippen molar-refractivity contribution in [1.29, 1.82) is 0 Å². The van der Waals surface area contributed by atoms with Crippen molar-refractivity contribution >= 4 is 21.8 Å². The molecule has 2 heterocycles. The molecule has 0 aliphatic carbocycles. The molecule has 2 aromatic heterocycles. The van der Waals surface area contributed by atoms with Crippen LogP contribution in [-0.4, -0.2) is 14.5 Å². The number of nitrogens with zero attached hydrogens (tertiary/aromatic N) is 2. The van der Waals surface area contributed by atoms with Crippen molar-refractivity contribution in [1.82, 2.24) is 14.5 Å². The predicted molar refractivity (Wildman–Crippen MR) is 79.2 cm³/mol. The van der Waals surface area contributed by atoms with Gasteiger partial charge in [-0.15, -0.1) is 0 Å². The number of nitrogens with one attached hydrogen (secondary N) is 1. The second-order valence-electron chi connectivity index (χ2n) is 4.69. The van der Waals surface area contributed by atoms with Gasteiger partial charge in [0.25, 0.3) is 0 Å². The highest BCUT2D eigenvalue weighted by Gasteiger charge is 2.08. The maximum absolute atomic E-state index is 12.2. The number of aromatic amines is 1. The minimum absolute atomic E-state index is 0.125. The van der Waals surface area contributed by atoms with E-state index in [0.29, 0.717) is 0 Å². The van der Waals surface area contributed by atoms with Crippen LogP contribution >= 0.6 is 0 Å². The molecule has 0 amide bonds. The van der Waals surface area contributed by atoms with Gasteiger partial charge in [-0.3, -0.25) is 9.55 Å². The molecule has 0 saturated heterocycles. The molecule has 4 heteroatoms. The molecule has 0 radical (unpaired) electrons. The van der Waals surface area contributed by atoms with Gasteiger partial charge < -0.3 is 4.98 Å². The van der Waals surface area contributed by atoms with Crippen molar-refractivity contribution in [3.8, 4) is 5.69 Å². The van der Waals surface area contributed by atoms with Crippen LogP contribution in [0.5, 0.6) is 0 Å². The van der Waals surface area contributed by atoms with Crippen LogP contribution in [0.15, 0.2) is 65.7 Å². The van der Waals surface area contributed by atoms with E-state index in [9.17, 15) is 4.79 Å². The Bertz CT molecular complexity index is 982. The van der Waals surface area contributed by atoms with Gasteiger partial charge in [-0.05, 0) is 35.7 Å². The van der Waals surface area contributed by atoms with E-state index in [1.165, 1.54) is 0 Å². The first-order valence-corrected chi connectivity index (χ1v) is 6.37. The lowest BCUT2D eigenvalue weighted by molar-refractivity contribution is 1.02. The number of para-hydroxylation sites is 2. The fourth-order valence-corrected chi connectivity index (χ4v) is 2.52. The van der Waals surface area contributed by atoms with E-state index in [1.807, 2.05) is 54.7 Å². The Morgan fingerprint density at radius 3 is 2.85 bits per heavy atom. The lowest BCUT2D eigenvalue weighted by atomic mass is 10.1. The number of hydrogen-bond acceptors (Lipinski definition) is 2. The molecule has 96 valence electrons. The maximum Gasteiger partial charge on any atom is 0.331 e. The summed E-state index contributed by atoms with van der Waals surface area (Å²) in [5.74, 6) is 0. The van der Waals surface area contributed by atoms with E-state index >= 15 is 0 Å². The van der Waals surface area contributed by atoms with Crippen molar-refractivity contribution in [2.24, 2.45) is 0 Å². The number of fused-ring (bicyclic) bond motifs is 2. The van der Waals surface area contributed by atoms with Crippen LogP contribution in [-0.2, 0) is 0 Å². The zero-order valence-corrected chi connectivity index (χ0v) is 10.6. The quantitative estimate of drug-likeness (QED) is 0.572. The highest BCUT2D eigenvalue weighted by molar-refractivity contribution is 5.85. The summed E-state index contributed by atoms with van der Waals surface area (Å²) in [6.45, 7) is 0. The second-order valence-corrected chi connectivity index (χ2v) is 4.69. The molecule has 2 aromatic carbocycles. The molecule has 0 aliphatic rings. The molecular weight excluding hydrogens is 250 g/mol. The Morgan fingerprint density at radius 2 is 1.90 bits per heavy atom. The van der Waals surface area contributed by atoms with Gasteiger partial charge in [0.1, 0.15) is 0 Å². The number of H-pyrrole nitrogens is 1. The van der Waals surface area contributed by atoms with Gasteiger partial charge in [0.2, 0.25) is 0 Å². The van der Waals surface area contributed by atoms with Crippen molar-refractivity contribution in [2.75, 3.05) is 0 Å². The monoisotopic (exact) mass is 261 g/mol. The molecule has 4 aromatic rings. The molecule has 0 bridgehead atoms. The highest BCUT2D eigenvalue weighted by Crippen LogP contribution is 2.19. The Kier molecular flexibility index (Phi) is 2.23. The van der Waals surface area contributed by atoms with Gasteiger partial charge in [-0.1, -0.05) is 18.2 Å². The fraction of sp³-hybridized carbons (Fsp3) is 0. The fourth-order valence-electron chi connectivity index (χ4n) is 2.52. The zero-order chi connectivity index (χ0) is 13.5. The molecular formula is C16H11N3O. The van der Waals surface area contributed by atoms with Crippen LogP contribution in [0.25, 0.3) is 27.5 Å². The number of imidazole rings is 1. The SMILES string of the molecule is O=c1[nH]c2ccccc2n1-c1ccc2cnccc2c1. The van der Waals surface area contributed by atoms with Gasteiger partial charge in [0.15, 0.2) is 0 Å². The van der Waals surface area contributed by atoms with Crippen LogP contribution in [0.3, 0.4) is 0 Å². The molecule has 0 saturated carbocycles. The average molecular weight is 261 g/mol. The van der Waals surface area contributed by atoms with Crippen LogP contribution in [0.4, 0.5) is 0 Å². The van der Waals surface area contributed by atoms with Crippen LogP contribution in [0, 0.1) is 0 Å². The number of hydrogen-bond donors (Lipinski definition) is 1. The van der Waals surface area contributed by atoms with Crippen molar-refractivity contribution in [2.45, 2.75) is 0 Å². The average Bonchev–Trinajstić information content (AvgIpc) is 2.82. The summed E-state index contributed by atoms with van der Waals surface area (Å²) < 4.78 is 1.69. The summed E-state index contributed by atoms with van der Waals surface area (Å²) in [4.78, 5) is 19.1. The lowest BCUT2D eigenvalue weighted by Crippen LogP contribution is -2.14. The normalized spacial score (nSPS) is 11.2. The minimum atomic E-state index is -0.125. The summed E-state index contributed by atoms with van der Waals surface area (Å²) in [6.07, 6.45) is 3.57. The van der Waals surface area contributed by atoms with Gasteiger partial charge in [-0.2, -0.15) is 0 Å². The van der Waals surface area contributed by atoms with Gasteiger partial charge in [-0.25, -0.2) is 4.79 Å². The van der Waals surface area contributed by atoms with Crippen molar-refractivity contribution < 1.29 is 0 Å². The van der Waals surface area contributed by atoms with Crippen molar-refractivity contribution in [3.05, 3.63) is 71.4 Å². The summed E-state index contributed by atoms with van der Waals surface area (Å²) in [5.41, 5.74) is 2.45. The third-order valence-corrected chi connectivity index (χ3v) is 3.47. The highest BCUT2D eigenvalue weighted by atomic mass is 16.1. The van der Waals surface area contributed by atoms with Crippen LogP contribution in [0.2, 0.25) is 0 Å². The number of aromatic nitrogens is 3. The maximum atomic E-state index is 12.2. The molecule has 20 heavy (non-hydrogen) atoms. The number of rotatable bonds is 1. The first-order chi connectivity index (χ1) is 9.83. The van der Waals surface area contributed by atoms with Gasteiger partial charge in [0.05, 0.1) is 16.7 Å². The van der Waals surface area contributed by atoms with E-state index in [-0.39, 0.29) is 5.69 Å². The summed E-state index contributed by atoms with van der Waals surface area (Å²) >= 11 is 0. The Hall–Kier alpha value is -2.88. The molecule has 1 N–H and O–H groups in total. The molecule has 0 aliphatic heterocycles. The molecule has 0 spiro atoms. The lowest BCUT2D eigenvalue weighted by Gasteiger charge is -2.05. The zero-order valence-electron chi connectivity index (χ0n) is 10.6.